The van der Waals surface area contributed by atoms with Crippen molar-refractivity contribution in [1.82, 2.24) is 20.1 Å². The Bertz CT molecular complexity index is 1490. The third-order valence-electron chi connectivity index (χ3n) is 6.86. The lowest BCUT2D eigenvalue weighted by atomic mass is 9.97. The van der Waals surface area contributed by atoms with E-state index in [0.29, 0.717) is 41.8 Å². The average Bonchev–Trinajstić information content (AvgIpc) is 3.62. The number of ether oxygens (including phenoxy) is 3. The number of amides is 1. The molecule has 0 spiro atoms. The first-order valence-electron chi connectivity index (χ1n) is 12.5. The predicted octanol–water partition coefficient (Wildman–Crippen LogP) is 5.77. The number of likely N-dealkylation sites (tertiary alicyclic amines) is 1. The van der Waals surface area contributed by atoms with Gasteiger partial charge >= 0.3 is 0 Å². The highest BCUT2D eigenvalue weighted by molar-refractivity contribution is 6.30. The average molecular weight is 545 g/mol. The second kappa shape index (κ2) is 11.6. The second-order valence-electron chi connectivity index (χ2n) is 9.13. The Balaban J connectivity index is 1.55. The van der Waals surface area contributed by atoms with E-state index in [-0.39, 0.29) is 11.9 Å². The van der Waals surface area contributed by atoms with E-state index in [1.54, 1.807) is 33.7 Å². The first-order chi connectivity index (χ1) is 19.0. The van der Waals surface area contributed by atoms with Gasteiger partial charge in [0.1, 0.15) is 11.5 Å². The Kier molecular flexibility index (Phi) is 7.84. The van der Waals surface area contributed by atoms with Gasteiger partial charge in [0.15, 0.2) is 0 Å². The molecular formula is C30H29ClN4O4. The van der Waals surface area contributed by atoms with Gasteiger partial charge in [-0.05, 0) is 48.4 Å². The number of aromatic nitrogens is 3. The first-order valence-corrected chi connectivity index (χ1v) is 12.9. The van der Waals surface area contributed by atoms with Gasteiger partial charge in [-0.1, -0.05) is 29.8 Å². The van der Waals surface area contributed by atoms with Crippen LogP contribution in [-0.4, -0.2) is 53.4 Å². The number of benzene rings is 2. The zero-order chi connectivity index (χ0) is 27.4. The van der Waals surface area contributed by atoms with Crippen molar-refractivity contribution in [3.05, 3.63) is 94.9 Å². The summed E-state index contributed by atoms with van der Waals surface area (Å²) in [6.07, 6.45) is 6.79. The summed E-state index contributed by atoms with van der Waals surface area (Å²) in [5, 5.41) is 7.51. The fraction of sp³-hybridized carbons (Fsp3) is 0.233. The van der Waals surface area contributed by atoms with E-state index >= 15 is 0 Å². The molecule has 1 N–H and O–H groups in total. The van der Waals surface area contributed by atoms with Crippen molar-refractivity contribution in [3.8, 4) is 28.5 Å². The molecule has 1 aliphatic heterocycles. The lowest BCUT2D eigenvalue weighted by Crippen LogP contribution is -2.31. The van der Waals surface area contributed by atoms with E-state index in [4.69, 9.17) is 30.8 Å². The monoisotopic (exact) mass is 544 g/mol. The zero-order valence-corrected chi connectivity index (χ0v) is 22.7. The van der Waals surface area contributed by atoms with Gasteiger partial charge in [0.05, 0.1) is 39.3 Å². The summed E-state index contributed by atoms with van der Waals surface area (Å²) in [7, 11) is 4.83. The maximum atomic E-state index is 13.1. The number of carbonyl (C=O) groups excluding carboxylic acids is 1. The van der Waals surface area contributed by atoms with Crippen LogP contribution in [0.2, 0.25) is 5.02 Å². The van der Waals surface area contributed by atoms with E-state index < -0.39 is 0 Å². The zero-order valence-electron chi connectivity index (χ0n) is 22.0. The Morgan fingerprint density at radius 2 is 1.90 bits per heavy atom. The number of nitrogens with zero attached hydrogens (tertiary/aromatic N) is 3. The quantitative estimate of drug-likeness (QED) is 0.287. The van der Waals surface area contributed by atoms with Crippen molar-refractivity contribution < 1.29 is 19.0 Å². The number of nitrogens with one attached hydrogen (secondary N) is 1. The van der Waals surface area contributed by atoms with Crippen LogP contribution < -0.4 is 14.2 Å². The van der Waals surface area contributed by atoms with Crippen molar-refractivity contribution >= 4 is 23.1 Å². The van der Waals surface area contributed by atoms with Crippen LogP contribution in [0.3, 0.4) is 0 Å². The normalized spacial score (nSPS) is 15.5. The van der Waals surface area contributed by atoms with E-state index in [2.05, 4.69) is 16.3 Å². The molecule has 1 atom stereocenters. The Hall–Kier alpha value is -4.30. The summed E-state index contributed by atoms with van der Waals surface area (Å²) in [6.45, 7) is 0.414. The summed E-state index contributed by atoms with van der Waals surface area (Å²) in [5.41, 5.74) is 5.16. The van der Waals surface area contributed by atoms with Crippen LogP contribution in [0.1, 0.15) is 29.7 Å². The van der Waals surface area contributed by atoms with Gasteiger partial charge in [-0.15, -0.1) is 0 Å². The summed E-state index contributed by atoms with van der Waals surface area (Å²) in [5.74, 6) is 1.95. The van der Waals surface area contributed by atoms with E-state index in [1.165, 1.54) is 0 Å². The Morgan fingerprint density at radius 1 is 1.08 bits per heavy atom. The molecule has 3 heterocycles. The highest BCUT2D eigenvalue weighted by Gasteiger charge is 2.31. The van der Waals surface area contributed by atoms with Crippen molar-refractivity contribution in [2.45, 2.75) is 25.4 Å². The first kappa shape index (κ1) is 26.3. The third-order valence-corrected chi connectivity index (χ3v) is 7.11. The number of aromatic amines is 1. The van der Waals surface area contributed by atoms with Gasteiger partial charge in [0, 0.05) is 52.5 Å². The molecule has 0 radical (unpaired) electrons. The number of H-pyrrole nitrogens is 1. The minimum absolute atomic E-state index is 0.0884. The minimum atomic E-state index is -0.142. The molecule has 0 unspecified atom stereocenters. The van der Waals surface area contributed by atoms with Crippen LogP contribution >= 0.6 is 11.6 Å². The number of rotatable bonds is 9. The fourth-order valence-electron chi connectivity index (χ4n) is 4.82. The van der Waals surface area contributed by atoms with Crippen LogP contribution in [-0.2, 0) is 11.3 Å². The topological polar surface area (TPSA) is 89.6 Å². The number of carbonyl (C=O) groups is 1. The predicted molar refractivity (Wildman–Crippen MR) is 150 cm³/mol. The molecule has 2 aromatic carbocycles. The van der Waals surface area contributed by atoms with Crippen molar-refractivity contribution in [1.29, 1.82) is 0 Å². The standard InChI is InChI=1S/C30H29ClN4O4/c1-37-24-10-6-20(28(15-24)38-2)18-35-23(9-13-29(35)36)14-26(19-4-7-22(31)8-5-19)27-12-11-25(30(34-27)39-3)21-16-32-33-17-21/h4-8,10-12,14-17,23H,9,13,18H2,1-3H3,(H,32,33)/t23-/m1/s1. The van der Waals surface area contributed by atoms with Gasteiger partial charge in [-0.25, -0.2) is 4.98 Å². The Labute approximate surface area is 232 Å². The molecule has 5 rings (SSSR count). The smallest absolute Gasteiger partial charge is 0.223 e. The molecule has 1 aliphatic rings. The largest absolute Gasteiger partial charge is 0.497 e. The summed E-state index contributed by atoms with van der Waals surface area (Å²) in [6, 6.07) is 17.0. The molecule has 0 bridgehead atoms. The maximum Gasteiger partial charge on any atom is 0.223 e. The van der Waals surface area contributed by atoms with Gasteiger partial charge < -0.3 is 19.1 Å². The number of hydrogen-bond donors (Lipinski definition) is 1. The number of methoxy groups -OCH3 is 3. The van der Waals surface area contributed by atoms with E-state index in [9.17, 15) is 4.79 Å². The molecule has 8 nitrogen and oxygen atoms in total. The molecule has 1 amide bonds. The summed E-state index contributed by atoms with van der Waals surface area (Å²) < 4.78 is 16.6. The van der Waals surface area contributed by atoms with Crippen LogP contribution in [0, 0.1) is 0 Å². The number of halogens is 1. The van der Waals surface area contributed by atoms with Crippen LogP contribution in [0.25, 0.3) is 16.7 Å². The molecule has 0 saturated carbocycles. The molecule has 4 aromatic rings. The summed E-state index contributed by atoms with van der Waals surface area (Å²) >= 11 is 6.20. The van der Waals surface area contributed by atoms with E-state index in [0.717, 1.165) is 33.5 Å². The van der Waals surface area contributed by atoms with Crippen LogP contribution in [0.5, 0.6) is 17.4 Å². The number of hydrogen-bond acceptors (Lipinski definition) is 6. The van der Waals surface area contributed by atoms with Gasteiger partial charge in [-0.3, -0.25) is 9.89 Å². The highest BCUT2D eigenvalue weighted by Crippen LogP contribution is 2.35. The van der Waals surface area contributed by atoms with Gasteiger partial charge in [-0.2, -0.15) is 5.10 Å². The SMILES string of the molecule is COc1ccc(CN2C(=O)CC[C@@H]2C=C(c2ccc(Cl)cc2)c2ccc(-c3cn[nH]c3)c(OC)n2)c(OC)c1. The maximum absolute atomic E-state index is 13.1. The van der Waals surface area contributed by atoms with Crippen molar-refractivity contribution in [2.24, 2.45) is 0 Å². The molecule has 0 aliphatic carbocycles. The van der Waals surface area contributed by atoms with Crippen molar-refractivity contribution in [2.75, 3.05) is 21.3 Å². The van der Waals surface area contributed by atoms with Gasteiger partial charge in [0.2, 0.25) is 11.8 Å². The molecule has 1 fully saturated rings. The van der Waals surface area contributed by atoms with E-state index in [1.807, 2.05) is 59.5 Å². The Morgan fingerprint density at radius 3 is 2.59 bits per heavy atom. The minimum Gasteiger partial charge on any atom is -0.497 e. The van der Waals surface area contributed by atoms with Crippen molar-refractivity contribution in [3.63, 3.8) is 0 Å². The highest BCUT2D eigenvalue weighted by atomic mass is 35.5. The fourth-order valence-corrected chi connectivity index (χ4v) is 4.94. The lowest BCUT2D eigenvalue weighted by Gasteiger charge is -2.25. The third kappa shape index (κ3) is 5.61. The molecule has 1 saturated heterocycles. The van der Waals surface area contributed by atoms with Crippen LogP contribution in [0.4, 0.5) is 0 Å². The molecule has 2 aromatic heterocycles. The van der Waals surface area contributed by atoms with Crippen LogP contribution in [0.15, 0.2) is 73.1 Å². The number of pyridine rings is 1. The lowest BCUT2D eigenvalue weighted by molar-refractivity contribution is -0.129. The summed E-state index contributed by atoms with van der Waals surface area (Å²) in [4.78, 5) is 19.8. The second-order valence-corrected chi connectivity index (χ2v) is 9.57. The van der Waals surface area contributed by atoms with Gasteiger partial charge in [0.25, 0.3) is 0 Å². The molecule has 39 heavy (non-hydrogen) atoms. The molecule has 9 heteroatoms. The molecule has 200 valence electrons. The molecular weight excluding hydrogens is 516 g/mol.